The molecule has 1 aliphatic carbocycles. The molecule has 1 N–H and O–H groups in total. The molecular formula is C24H29N3O4. The zero-order valence-corrected chi connectivity index (χ0v) is 18.1. The molecule has 2 amide bonds. The predicted molar refractivity (Wildman–Crippen MR) is 117 cm³/mol. The fourth-order valence-electron chi connectivity index (χ4n) is 4.44. The summed E-state index contributed by atoms with van der Waals surface area (Å²) in [5.41, 5.74) is 2.60. The molecule has 2 aliphatic rings. The molecule has 164 valence electrons. The van der Waals surface area contributed by atoms with Crippen LogP contribution >= 0.6 is 0 Å². The normalized spacial score (nSPS) is 19.0. The van der Waals surface area contributed by atoms with Crippen molar-refractivity contribution in [3.05, 3.63) is 47.8 Å². The van der Waals surface area contributed by atoms with E-state index in [1.807, 2.05) is 29.2 Å². The molecule has 7 heteroatoms. The molecule has 0 spiro atoms. The van der Waals surface area contributed by atoms with E-state index in [0.717, 1.165) is 35.5 Å². The third-order valence-electron chi connectivity index (χ3n) is 6.05. The molecular weight excluding hydrogens is 394 g/mol. The van der Waals surface area contributed by atoms with Gasteiger partial charge in [0.2, 0.25) is 11.8 Å². The summed E-state index contributed by atoms with van der Waals surface area (Å²) in [5.74, 6) is 1.53. The molecule has 1 saturated carbocycles. The second kappa shape index (κ2) is 9.37. The predicted octanol–water partition coefficient (Wildman–Crippen LogP) is 3.89. The van der Waals surface area contributed by atoms with Crippen molar-refractivity contribution in [2.24, 2.45) is 0 Å². The number of methoxy groups -OCH3 is 1. The highest BCUT2D eigenvalue weighted by Crippen LogP contribution is 2.37. The van der Waals surface area contributed by atoms with E-state index in [4.69, 9.17) is 9.47 Å². The van der Waals surface area contributed by atoms with Gasteiger partial charge in [-0.1, -0.05) is 6.07 Å². The van der Waals surface area contributed by atoms with E-state index in [1.165, 1.54) is 19.8 Å². The van der Waals surface area contributed by atoms with Gasteiger partial charge in [0.15, 0.2) is 11.5 Å². The molecule has 7 nitrogen and oxygen atoms in total. The Morgan fingerprint density at radius 2 is 2.03 bits per heavy atom. The molecule has 2 aromatic rings. The van der Waals surface area contributed by atoms with E-state index in [0.29, 0.717) is 25.2 Å². The van der Waals surface area contributed by atoms with Crippen LogP contribution in [-0.4, -0.2) is 41.5 Å². The number of carbonyl (C=O) groups excluding carboxylic acids is 2. The average Bonchev–Trinajstić information content (AvgIpc) is 3.39. The van der Waals surface area contributed by atoms with Crippen LogP contribution < -0.4 is 14.8 Å². The van der Waals surface area contributed by atoms with Crippen LogP contribution in [0.5, 0.6) is 11.5 Å². The summed E-state index contributed by atoms with van der Waals surface area (Å²) in [6, 6.07) is 7.84. The van der Waals surface area contributed by atoms with Gasteiger partial charge in [0.25, 0.3) is 0 Å². The van der Waals surface area contributed by atoms with Gasteiger partial charge in [-0.2, -0.15) is 0 Å². The van der Waals surface area contributed by atoms with Gasteiger partial charge in [0, 0.05) is 38.5 Å². The maximum Gasteiger partial charge on any atom is 0.223 e. The van der Waals surface area contributed by atoms with Crippen molar-refractivity contribution in [3.8, 4) is 11.5 Å². The van der Waals surface area contributed by atoms with E-state index in [9.17, 15) is 9.59 Å². The van der Waals surface area contributed by atoms with Crippen LogP contribution in [0.1, 0.15) is 56.1 Å². The number of hydrogen-bond acceptors (Lipinski definition) is 5. The quantitative estimate of drug-likeness (QED) is 0.731. The van der Waals surface area contributed by atoms with Crippen LogP contribution in [0.2, 0.25) is 0 Å². The first-order valence-electron chi connectivity index (χ1n) is 10.9. The van der Waals surface area contributed by atoms with E-state index in [1.54, 1.807) is 19.5 Å². The van der Waals surface area contributed by atoms with Crippen molar-refractivity contribution >= 4 is 17.5 Å². The summed E-state index contributed by atoms with van der Waals surface area (Å²) >= 11 is 0. The van der Waals surface area contributed by atoms with Gasteiger partial charge < -0.3 is 19.7 Å². The van der Waals surface area contributed by atoms with Crippen LogP contribution in [-0.2, 0) is 16.1 Å². The summed E-state index contributed by atoms with van der Waals surface area (Å²) in [6.07, 6.45) is 8.54. The lowest BCUT2D eigenvalue weighted by atomic mass is 9.98. The van der Waals surface area contributed by atoms with E-state index in [-0.39, 0.29) is 23.8 Å². The zero-order valence-electron chi connectivity index (χ0n) is 18.1. The first kappa shape index (κ1) is 21.2. The molecule has 1 saturated heterocycles. The summed E-state index contributed by atoms with van der Waals surface area (Å²) in [4.78, 5) is 30.1. The molecule has 0 bridgehead atoms. The second-order valence-electron chi connectivity index (χ2n) is 8.32. The highest BCUT2D eigenvalue weighted by molar-refractivity contribution is 5.89. The van der Waals surface area contributed by atoms with Crippen LogP contribution in [0.15, 0.2) is 36.7 Å². The minimum Gasteiger partial charge on any atom is -0.493 e. The fraction of sp³-hybridized carbons (Fsp3) is 0.458. The summed E-state index contributed by atoms with van der Waals surface area (Å²) < 4.78 is 11.7. The Kier molecular flexibility index (Phi) is 6.39. The van der Waals surface area contributed by atoms with Crippen LogP contribution in [0.4, 0.5) is 5.69 Å². The van der Waals surface area contributed by atoms with Crippen molar-refractivity contribution in [3.63, 3.8) is 0 Å². The molecule has 0 radical (unpaired) electrons. The number of nitrogens with zero attached hydrogens (tertiary/aromatic N) is 2. The second-order valence-corrected chi connectivity index (χ2v) is 8.32. The molecule has 1 aromatic carbocycles. The summed E-state index contributed by atoms with van der Waals surface area (Å²) in [7, 11) is 1.65. The molecule has 4 rings (SSSR count). The molecule has 1 aliphatic heterocycles. The van der Waals surface area contributed by atoms with E-state index < -0.39 is 0 Å². The number of pyridine rings is 1. The maximum absolute atomic E-state index is 12.7. The summed E-state index contributed by atoms with van der Waals surface area (Å²) in [6.45, 7) is 2.52. The number of ether oxygens (including phenoxy) is 2. The van der Waals surface area contributed by atoms with Crippen molar-refractivity contribution < 1.29 is 19.1 Å². The van der Waals surface area contributed by atoms with Crippen LogP contribution in [0.25, 0.3) is 0 Å². The maximum atomic E-state index is 12.7. The number of benzene rings is 1. The Morgan fingerprint density at radius 3 is 2.77 bits per heavy atom. The smallest absolute Gasteiger partial charge is 0.223 e. The van der Waals surface area contributed by atoms with Gasteiger partial charge >= 0.3 is 0 Å². The number of nitrogens with one attached hydrogen (secondary N) is 1. The Morgan fingerprint density at radius 1 is 1.23 bits per heavy atom. The number of hydrogen-bond donors (Lipinski definition) is 1. The van der Waals surface area contributed by atoms with Crippen molar-refractivity contribution in [1.29, 1.82) is 0 Å². The summed E-state index contributed by atoms with van der Waals surface area (Å²) in [5, 5.41) is 2.79. The van der Waals surface area contributed by atoms with Crippen LogP contribution in [0.3, 0.4) is 0 Å². The lowest BCUT2D eigenvalue weighted by molar-refractivity contribution is -0.128. The molecule has 0 unspecified atom stereocenters. The fourth-order valence-corrected chi connectivity index (χ4v) is 4.44. The Labute approximate surface area is 182 Å². The third kappa shape index (κ3) is 4.98. The first-order valence-corrected chi connectivity index (χ1v) is 10.9. The van der Waals surface area contributed by atoms with Crippen molar-refractivity contribution in [2.45, 2.75) is 57.6 Å². The topological polar surface area (TPSA) is 80.8 Å². The van der Waals surface area contributed by atoms with Gasteiger partial charge in [-0.25, -0.2) is 0 Å². The molecule has 1 aromatic heterocycles. The minimum atomic E-state index is -0.159. The van der Waals surface area contributed by atoms with Crippen molar-refractivity contribution in [1.82, 2.24) is 9.88 Å². The number of aromatic nitrogens is 1. The number of anilines is 1. The van der Waals surface area contributed by atoms with Gasteiger partial charge in [-0.05, 0) is 55.0 Å². The number of likely N-dealkylation sites (tertiary alicyclic amines) is 1. The zero-order chi connectivity index (χ0) is 21.8. The third-order valence-corrected chi connectivity index (χ3v) is 6.05. The molecule has 2 heterocycles. The van der Waals surface area contributed by atoms with Gasteiger partial charge in [-0.15, -0.1) is 0 Å². The lowest BCUT2D eigenvalue weighted by Gasteiger charge is -2.20. The van der Waals surface area contributed by atoms with Gasteiger partial charge in [-0.3, -0.25) is 14.6 Å². The monoisotopic (exact) mass is 423 g/mol. The standard InChI is InChI=1S/C24H29N3O4/c1-16(28)26-21-13-25-10-9-18(21)14-27-15-19(12-24(27)29)17-7-8-22(30-2)23(11-17)31-20-5-3-4-6-20/h7-11,13,19-20H,3-6,12,14-15H2,1-2H3,(H,26,28)/t19-/m0/s1. The van der Waals surface area contributed by atoms with Crippen molar-refractivity contribution in [2.75, 3.05) is 19.0 Å². The number of carbonyl (C=O) groups is 2. The largest absolute Gasteiger partial charge is 0.493 e. The van der Waals surface area contributed by atoms with E-state index in [2.05, 4.69) is 10.3 Å². The Hall–Kier alpha value is -3.09. The highest BCUT2D eigenvalue weighted by atomic mass is 16.5. The Balaban J connectivity index is 1.48. The highest BCUT2D eigenvalue weighted by Gasteiger charge is 2.32. The van der Waals surface area contributed by atoms with Gasteiger partial charge in [0.1, 0.15) is 0 Å². The van der Waals surface area contributed by atoms with E-state index >= 15 is 0 Å². The van der Waals surface area contributed by atoms with Crippen LogP contribution in [0, 0.1) is 0 Å². The lowest BCUT2D eigenvalue weighted by Crippen LogP contribution is -2.25. The molecule has 2 fully saturated rings. The molecule has 1 atom stereocenters. The SMILES string of the molecule is COc1ccc([C@H]2CC(=O)N(Cc3ccncc3NC(C)=O)C2)cc1OC1CCCC1. The van der Waals surface area contributed by atoms with Gasteiger partial charge in [0.05, 0.1) is 25.1 Å². The first-order chi connectivity index (χ1) is 15.0. The minimum absolute atomic E-state index is 0.0930. The number of rotatable bonds is 7. The average molecular weight is 424 g/mol. The number of amides is 2. The molecule has 31 heavy (non-hydrogen) atoms. The Bertz CT molecular complexity index is 956.